The molecular weight excluding hydrogens is 339 g/mol. The van der Waals surface area contributed by atoms with Crippen LogP contribution in [0.4, 0.5) is 13.2 Å². The van der Waals surface area contributed by atoms with Crippen LogP contribution in [0, 0.1) is 6.92 Å². The Morgan fingerprint density at radius 2 is 1.62 bits per heavy atom. The number of nitrogens with one attached hydrogen (secondary N) is 1. The standard InChI is InChI=1S/C20H22F3N3/c1-16-2-4-18(5-3-16)15-25-10-12-26(13-11-25)24-14-17-6-8-19(9-7-17)20(21,22)23/h2-9,14H,10-13,15H2,1H3/p+1. The van der Waals surface area contributed by atoms with E-state index < -0.39 is 11.7 Å². The van der Waals surface area contributed by atoms with Crippen molar-refractivity contribution in [3.05, 3.63) is 70.8 Å². The van der Waals surface area contributed by atoms with Gasteiger partial charge in [-0.25, -0.2) is 0 Å². The molecule has 0 bridgehead atoms. The molecule has 1 saturated heterocycles. The third-order valence-electron chi connectivity index (χ3n) is 4.63. The molecule has 0 aromatic heterocycles. The van der Waals surface area contributed by atoms with Crippen LogP contribution in [0.3, 0.4) is 0 Å². The Balaban J connectivity index is 1.49. The van der Waals surface area contributed by atoms with Gasteiger partial charge in [-0.2, -0.15) is 18.3 Å². The van der Waals surface area contributed by atoms with Crippen LogP contribution in [0.15, 0.2) is 53.6 Å². The van der Waals surface area contributed by atoms with Crippen LogP contribution < -0.4 is 4.90 Å². The van der Waals surface area contributed by atoms with Crippen molar-refractivity contribution in [2.75, 3.05) is 26.2 Å². The van der Waals surface area contributed by atoms with E-state index in [1.807, 2.05) is 5.01 Å². The maximum Gasteiger partial charge on any atom is 0.416 e. The second-order valence-electron chi connectivity index (χ2n) is 6.73. The zero-order chi connectivity index (χ0) is 18.6. The normalized spacial score (nSPS) is 16.4. The molecule has 1 N–H and O–H groups in total. The number of quaternary nitrogens is 1. The van der Waals surface area contributed by atoms with E-state index in [0.717, 1.165) is 44.9 Å². The van der Waals surface area contributed by atoms with Crippen molar-refractivity contribution in [1.29, 1.82) is 0 Å². The lowest BCUT2D eigenvalue weighted by Crippen LogP contribution is -3.13. The van der Waals surface area contributed by atoms with Crippen molar-refractivity contribution in [3.8, 4) is 0 Å². The minimum atomic E-state index is -4.30. The maximum absolute atomic E-state index is 12.6. The van der Waals surface area contributed by atoms with Gasteiger partial charge in [-0.3, -0.25) is 5.01 Å². The quantitative estimate of drug-likeness (QED) is 0.830. The Bertz CT molecular complexity index is 728. The Kier molecular flexibility index (Phi) is 5.61. The first-order valence-electron chi connectivity index (χ1n) is 8.75. The molecular formula is C20H23F3N3+. The van der Waals surface area contributed by atoms with Crippen molar-refractivity contribution in [2.24, 2.45) is 5.10 Å². The molecule has 1 aliphatic rings. The Labute approximate surface area is 151 Å². The second kappa shape index (κ2) is 7.91. The van der Waals surface area contributed by atoms with Crippen LogP contribution in [0.25, 0.3) is 0 Å². The van der Waals surface area contributed by atoms with Crippen molar-refractivity contribution in [2.45, 2.75) is 19.6 Å². The number of alkyl halides is 3. The molecule has 0 radical (unpaired) electrons. The molecule has 0 spiro atoms. The predicted octanol–water partition coefficient (Wildman–Crippen LogP) is 2.75. The summed E-state index contributed by atoms with van der Waals surface area (Å²) >= 11 is 0. The number of piperazine rings is 1. The lowest BCUT2D eigenvalue weighted by molar-refractivity contribution is -0.918. The van der Waals surface area contributed by atoms with E-state index in [2.05, 4.69) is 36.3 Å². The molecule has 1 fully saturated rings. The van der Waals surface area contributed by atoms with Gasteiger partial charge in [0.25, 0.3) is 0 Å². The molecule has 6 heteroatoms. The average Bonchev–Trinajstić information content (AvgIpc) is 2.63. The molecule has 1 heterocycles. The minimum Gasteiger partial charge on any atom is -0.328 e. The zero-order valence-corrected chi connectivity index (χ0v) is 14.8. The van der Waals surface area contributed by atoms with E-state index in [0.29, 0.717) is 5.56 Å². The van der Waals surface area contributed by atoms with E-state index in [9.17, 15) is 13.2 Å². The third kappa shape index (κ3) is 5.08. The summed E-state index contributed by atoms with van der Waals surface area (Å²) in [6.07, 6.45) is -2.67. The number of hydrogen-bond acceptors (Lipinski definition) is 2. The molecule has 0 unspecified atom stereocenters. The first kappa shape index (κ1) is 18.5. The number of rotatable bonds is 4. The number of hydrazone groups is 1. The highest BCUT2D eigenvalue weighted by Gasteiger charge is 2.29. The van der Waals surface area contributed by atoms with Crippen LogP contribution in [0.5, 0.6) is 0 Å². The smallest absolute Gasteiger partial charge is 0.328 e. The van der Waals surface area contributed by atoms with Crippen LogP contribution in [-0.2, 0) is 12.7 Å². The zero-order valence-electron chi connectivity index (χ0n) is 14.8. The summed E-state index contributed by atoms with van der Waals surface area (Å²) in [6, 6.07) is 13.7. The average molecular weight is 362 g/mol. The summed E-state index contributed by atoms with van der Waals surface area (Å²) in [6.45, 7) is 6.79. The topological polar surface area (TPSA) is 20.0 Å². The van der Waals surface area contributed by atoms with E-state index in [1.54, 1.807) is 6.21 Å². The number of halogens is 3. The van der Waals surface area contributed by atoms with Crippen LogP contribution in [0.1, 0.15) is 22.3 Å². The Morgan fingerprint density at radius 3 is 2.19 bits per heavy atom. The molecule has 0 aliphatic carbocycles. The van der Waals surface area contributed by atoms with Gasteiger partial charge < -0.3 is 4.90 Å². The first-order valence-corrected chi connectivity index (χ1v) is 8.75. The van der Waals surface area contributed by atoms with Gasteiger partial charge in [-0.1, -0.05) is 42.0 Å². The molecule has 3 nitrogen and oxygen atoms in total. The van der Waals surface area contributed by atoms with Gasteiger partial charge in [0.2, 0.25) is 0 Å². The van der Waals surface area contributed by atoms with Gasteiger partial charge in [0.05, 0.1) is 38.0 Å². The van der Waals surface area contributed by atoms with Crippen molar-refractivity contribution in [3.63, 3.8) is 0 Å². The number of hydrogen-bond donors (Lipinski definition) is 1. The molecule has 2 aromatic rings. The Hall–Kier alpha value is -2.34. The van der Waals surface area contributed by atoms with Gasteiger partial charge in [-0.15, -0.1) is 0 Å². The molecule has 0 saturated carbocycles. The molecule has 138 valence electrons. The Morgan fingerprint density at radius 1 is 1.00 bits per heavy atom. The van der Waals surface area contributed by atoms with Crippen molar-refractivity contribution < 1.29 is 18.1 Å². The van der Waals surface area contributed by atoms with E-state index >= 15 is 0 Å². The first-order chi connectivity index (χ1) is 12.4. The van der Waals surface area contributed by atoms with Crippen LogP contribution in [0.2, 0.25) is 0 Å². The summed E-state index contributed by atoms with van der Waals surface area (Å²) in [5, 5.41) is 6.39. The highest BCUT2D eigenvalue weighted by molar-refractivity contribution is 5.79. The summed E-state index contributed by atoms with van der Waals surface area (Å²) in [5.74, 6) is 0. The summed E-state index contributed by atoms with van der Waals surface area (Å²) in [5.41, 5.74) is 2.65. The van der Waals surface area contributed by atoms with Gasteiger partial charge in [0.15, 0.2) is 0 Å². The van der Waals surface area contributed by atoms with Crippen molar-refractivity contribution >= 4 is 6.21 Å². The summed E-state index contributed by atoms with van der Waals surface area (Å²) in [4.78, 5) is 1.52. The fraction of sp³-hybridized carbons (Fsp3) is 0.350. The van der Waals surface area contributed by atoms with Crippen molar-refractivity contribution in [1.82, 2.24) is 5.01 Å². The summed E-state index contributed by atoms with van der Waals surface area (Å²) in [7, 11) is 0. The largest absolute Gasteiger partial charge is 0.416 e. The summed E-state index contributed by atoms with van der Waals surface area (Å²) < 4.78 is 37.7. The molecule has 2 aromatic carbocycles. The molecule has 0 amide bonds. The minimum absolute atomic E-state index is 0.636. The van der Waals surface area contributed by atoms with Gasteiger partial charge >= 0.3 is 6.18 Å². The van der Waals surface area contributed by atoms with Crippen LogP contribution >= 0.6 is 0 Å². The fourth-order valence-electron chi connectivity index (χ4n) is 3.00. The SMILES string of the molecule is Cc1ccc(C[NH+]2CCN(N=Cc3ccc(C(F)(F)F)cc3)CC2)cc1. The lowest BCUT2D eigenvalue weighted by atomic mass is 10.1. The van der Waals surface area contributed by atoms with Gasteiger partial charge in [0, 0.05) is 5.56 Å². The number of nitrogens with zero attached hydrogens (tertiary/aromatic N) is 2. The number of aryl methyl sites for hydroxylation is 1. The van der Waals surface area contributed by atoms with Gasteiger partial charge in [-0.05, 0) is 24.6 Å². The van der Waals surface area contributed by atoms with Gasteiger partial charge in [0.1, 0.15) is 6.54 Å². The van der Waals surface area contributed by atoms with E-state index in [1.165, 1.54) is 28.2 Å². The third-order valence-corrected chi connectivity index (χ3v) is 4.63. The molecule has 3 rings (SSSR count). The van der Waals surface area contributed by atoms with Crippen LogP contribution in [-0.4, -0.2) is 37.4 Å². The van der Waals surface area contributed by atoms with E-state index in [-0.39, 0.29) is 0 Å². The maximum atomic E-state index is 12.6. The monoisotopic (exact) mass is 362 g/mol. The lowest BCUT2D eigenvalue weighted by Gasteiger charge is -2.30. The second-order valence-corrected chi connectivity index (χ2v) is 6.73. The highest BCUT2D eigenvalue weighted by Crippen LogP contribution is 2.28. The fourth-order valence-corrected chi connectivity index (χ4v) is 3.00. The highest BCUT2D eigenvalue weighted by atomic mass is 19.4. The molecule has 0 atom stereocenters. The predicted molar refractivity (Wildman–Crippen MR) is 96.2 cm³/mol. The molecule has 1 aliphatic heterocycles. The van der Waals surface area contributed by atoms with E-state index in [4.69, 9.17) is 0 Å². The number of benzene rings is 2. The molecule has 26 heavy (non-hydrogen) atoms.